The van der Waals surface area contributed by atoms with Gasteiger partial charge >= 0.3 is 5.97 Å². The first-order chi connectivity index (χ1) is 10.1. The van der Waals surface area contributed by atoms with Crippen molar-refractivity contribution in [2.24, 2.45) is 0 Å². The normalized spacial score (nSPS) is 12.2. The van der Waals surface area contributed by atoms with Crippen LogP contribution in [0.3, 0.4) is 0 Å². The second-order valence-electron chi connectivity index (χ2n) is 4.80. The fraction of sp³-hybridized carbons (Fsp3) is 0.333. The summed E-state index contributed by atoms with van der Waals surface area (Å²) in [6, 6.07) is 6.74. The lowest BCUT2D eigenvalue weighted by atomic mass is 10.1. The number of carbonyl (C=O) groups is 2. The lowest BCUT2D eigenvalue weighted by Gasteiger charge is -2.14. The minimum Gasteiger partial charge on any atom is -0.480 e. The average molecular weight is 289 g/mol. The van der Waals surface area contributed by atoms with E-state index in [0.29, 0.717) is 6.54 Å². The second kappa shape index (κ2) is 6.90. The molecule has 1 aromatic heterocycles. The quantitative estimate of drug-likeness (QED) is 0.609. The van der Waals surface area contributed by atoms with Crippen LogP contribution in [0.15, 0.2) is 30.5 Å². The number of carboxylic acids is 1. The van der Waals surface area contributed by atoms with Crippen LogP contribution in [-0.2, 0) is 16.0 Å². The zero-order chi connectivity index (χ0) is 15.2. The van der Waals surface area contributed by atoms with Crippen molar-refractivity contribution in [2.75, 3.05) is 13.1 Å². The maximum absolute atomic E-state index is 11.7. The predicted molar refractivity (Wildman–Crippen MR) is 80.1 cm³/mol. The fourth-order valence-electron chi connectivity index (χ4n) is 2.20. The molecule has 0 spiro atoms. The Kier molecular flexibility index (Phi) is 4.94. The number of hydrogen-bond acceptors (Lipinski definition) is 3. The van der Waals surface area contributed by atoms with Gasteiger partial charge in [0.25, 0.3) is 0 Å². The van der Waals surface area contributed by atoms with Crippen LogP contribution in [0.25, 0.3) is 10.9 Å². The summed E-state index contributed by atoms with van der Waals surface area (Å²) in [4.78, 5) is 26.1. The molecule has 0 radical (unpaired) electrons. The van der Waals surface area contributed by atoms with Crippen molar-refractivity contribution >= 4 is 22.8 Å². The molecule has 0 fully saturated rings. The van der Waals surface area contributed by atoms with E-state index in [4.69, 9.17) is 0 Å². The summed E-state index contributed by atoms with van der Waals surface area (Å²) in [5.74, 6) is -1.35. The zero-order valence-electron chi connectivity index (χ0n) is 11.8. The number of nitrogens with one attached hydrogen (secondary N) is 3. The van der Waals surface area contributed by atoms with Gasteiger partial charge in [-0.1, -0.05) is 25.1 Å². The molecule has 0 unspecified atom stereocenters. The number of carboxylic acid groups (broad SMARTS) is 1. The Balaban J connectivity index is 2.09. The molecule has 1 heterocycles. The number of hydrogen-bond donors (Lipinski definition) is 4. The number of aromatic nitrogens is 1. The van der Waals surface area contributed by atoms with Crippen molar-refractivity contribution in [3.8, 4) is 0 Å². The van der Waals surface area contributed by atoms with E-state index in [-0.39, 0.29) is 18.9 Å². The van der Waals surface area contributed by atoms with E-state index in [2.05, 4.69) is 15.6 Å². The van der Waals surface area contributed by atoms with Crippen molar-refractivity contribution in [3.63, 3.8) is 0 Å². The maximum atomic E-state index is 11.7. The van der Waals surface area contributed by atoms with Gasteiger partial charge in [-0.3, -0.25) is 4.79 Å². The highest BCUT2D eigenvalue weighted by atomic mass is 16.4. The first kappa shape index (κ1) is 15.1. The van der Waals surface area contributed by atoms with Gasteiger partial charge in [-0.15, -0.1) is 0 Å². The molecular weight excluding hydrogens is 270 g/mol. The largest absolute Gasteiger partial charge is 0.480 e. The van der Waals surface area contributed by atoms with Gasteiger partial charge in [0, 0.05) is 23.5 Å². The van der Waals surface area contributed by atoms with E-state index in [1.807, 2.05) is 31.2 Å². The lowest BCUT2D eigenvalue weighted by molar-refractivity contribution is -0.141. The maximum Gasteiger partial charge on any atom is 0.326 e. The van der Waals surface area contributed by atoms with Crippen LogP contribution in [0.1, 0.15) is 12.5 Å². The third-order valence-corrected chi connectivity index (χ3v) is 3.27. The van der Waals surface area contributed by atoms with Crippen LogP contribution in [-0.4, -0.2) is 41.1 Å². The van der Waals surface area contributed by atoms with Crippen molar-refractivity contribution in [1.82, 2.24) is 15.6 Å². The lowest BCUT2D eigenvalue weighted by Crippen LogP contribution is -2.45. The molecule has 21 heavy (non-hydrogen) atoms. The number of carbonyl (C=O) groups excluding carboxylic acids is 1. The van der Waals surface area contributed by atoms with E-state index in [0.717, 1.165) is 16.5 Å². The van der Waals surface area contributed by atoms with E-state index in [1.54, 1.807) is 6.20 Å². The van der Waals surface area contributed by atoms with Gasteiger partial charge in [0.15, 0.2) is 0 Å². The van der Waals surface area contributed by atoms with Gasteiger partial charge < -0.3 is 20.7 Å². The van der Waals surface area contributed by atoms with E-state index in [1.165, 1.54) is 0 Å². The number of amides is 1. The molecule has 1 aromatic carbocycles. The number of para-hydroxylation sites is 1. The SMILES string of the molecule is CCNCC(=O)N[C@H](Cc1c[nH]c2ccccc12)C(=O)O. The summed E-state index contributed by atoms with van der Waals surface area (Å²) in [5, 5.41) is 15.7. The zero-order valence-corrected chi connectivity index (χ0v) is 11.8. The average Bonchev–Trinajstić information content (AvgIpc) is 2.87. The van der Waals surface area contributed by atoms with Crippen molar-refractivity contribution in [3.05, 3.63) is 36.0 Å². The monoisotopic (exact) mass is 289 g/mol. The van der Waals surface area contributed by atoms with Crippen LogP contribution >= 0.6 is 0 Å². The third kappa shape index (κ3) is 3.82. The third-order valence-electron chi connectivity index (χ3n) is 3.27. The van der Waals surface area contributed by atoms with Crippen LogP contribution < -0.4 is 10.6 Å². The Labute approximate surface area is 122 Å². The van der Waals surface area contributed by atoms with E-state index < -0.39 is 12.0 Å². The van der Waals surface area contributed by atoms with Crippen LogP contribution in [0.5, 0.6) is 0 Å². The molecule has 2 aromatic rings. The molecule has 6 heteroatoms. The Hall–Kier alpha value is -2.34. The van der Waals surface area contributed by atoms with Crippen molar-refractivity contribution < 1.29 is 14.7 Å². The number of benzene rings is 1. The van der Waals surface area contributed by atoms with E-state index in [9.17, 15) is 14.7 Å². The summed E-state index contributed by atoms with van der Waals surface area (Å²) in [5.41, 5.74) is 1.83. The predicted octanol–water partition coefficient (Wildman–Crippen LogP) is 0.889. The van der Waals surface area contributed by atoms with Gasteiger partial charge in [0.05, 0.1) is 6.54 Å². The molecule has 4 N–H and O–H groups in total. The van der Waals surface area contributed by atoms with Crippen LogP contribution in [0.4, 0.5) is 0 Å². The molecule has 6 nitrogen and oxygen atoms in total. The number of rotatable bonds is 7. The summed E-state index contributed by atoms with van der Waals surface area (Å²) >= 11 is 0. The van der Waals surface area contributed by atoms with E-state index >= 15 is 0 Å². The first-order valence-corrected chi connectivity index (χ1v) is 6.89. The van der Waals surface area contributed by atoms with Gasteiger partial charge in [-0.05, 0) is 18.2 Å². The summed E-state index contributed by atoms with van der Waals surface area (Å²) < 4.78 is 0. The topological polar surface area (TPSA) is 94.2 Å². The summed E-state index contributed by atoms with van der Waals surface area (Å²) in [6.07, 6.45) is 2.04. The number of aliphatic carboxylic acids is 1. The van der Waals surface area contributed by atoms with Gasteiger partial charge in [-0.2, -0.15) is 0 Å². The number of H-pyrrole nitrogens is 1. The molecule has 0 aliphatic carbocycles. The number of likely N-dealkylation sites (N-methyl/N-ethyl adjacent to an activating group) is 1. The number of aromatic amines is 1. The molecule has 2 rings (SSSR count). The molecule has 1 atom stereocenters. The molecule has 0 saturated carbocycles. The molecule has 0 bridgehead atoms. The Bertz CT molecular complexity index is 636. The van der Waals surface area contributed by atoms with Crippen LogP contribution in [0.2, 0.25) is 0 Å². The van der Waals surface area contributed by atoms with Crippen LogP contribution in [0, 0.1) is 0 Å². The van der Waals surface area contributed by atoms with Crippen molar-refractivity contribution in [2.45, 2.75) is 19.4 Å². The first-order valence-electron chi connectivity index (χ1n) is 6.89. The number of fused-ring (bicyclic) bond motifs is 1. The summed E-state index contributed by atoms with van der Waals surface area (Å²) in [7, 11) is 0. The molecular formula is C15H19N3O3. The molecule has 112 valence electrons. The Morgan fingerprint density at radius 3 is 2.81 bits per heavy atom. The smallest absolute Gasteiger partial charge is 0.326 e. The minimum absolute atomic E-state index is 0.119. The van der Waals surface area contributed by atoms with Gasteiger partial charge in [0.2, 0.25) is 5.91 Å². The highest BCUT2D eigenvalue weighted by Crippen LogP contribution is 2.19. The Morgan fingerprint density at radius 1 is 1.33 bits per heavy atom. The Morgan fingerprint density at radius 2 is 2.10 bits per heavy atom. The van der Waals surface area contributed by atoms with Gasteiger partial charge in [-0.25, -0.2) is 4.79 Å². The molecule has 0 aliphatic rings. The fourth-order valence-corrected chi connectivity index (χ4v) is 2.20. The molecule has 0 aliphatic heterocycles. The highest BCUT2D eigenvalue weighted by Gasteiger charge is 2.21. The molecule has 0 saturated heterocycles. The summed E-state index contributed by atoms with van der Waals surface area (Å²) in [6.45, 7) is 2.66. The molecule has 1 amide bonds. The minimum atomic E-state index is -1.04. The second-order valence-corrected chi connectivity index (χ2v) is 4.80. The van der Waals surface area contributed by atoms with Gasteiger partial charge in [0.1, 0.15) is 6.04 Å². The highest BCUT2D eigenvalue weighted by molar-refractivity contribution is 5.87. The van der Waals surface area contributed by atoms with Crippen molar-refractivity contribution in [1.29, 1.82) is 0 Å². The standard InChI is InChI=1S/C15H19N3O3/c1-2-16-9-14(19)18-13(15(20)21)7-10-8-17-12-6-4-3-5-11(10)12/h3-6,8,13,16-17H,2,7,9H2,1H3,(H,18,19)(H,20,21)/t13-/m1/s1.